The number of hydrogen-bond donors (Lipinski definition) is 1. The van der Waals surface area contributed by atoms with Crippen molar-refractivity contribution in [3.05, 3.63) is 16.8 Å². The fraction of sp³-hybridized carbons (Fsp3) is 0.562. The highest BCUT2D eigenvalue weighted by molar-refractivity contribution is 7.20. The number of esters is 1. The third kappa shape index (κ3) is 3.45. The van der Waals surface area contributed by atoms with Gasteiger partial charge in [0.1, 0.15) is 21.9 Å². The summed E-state index contributed by atoms with van der Waals surface area (Å²) in [5.41, 5.74) is 0.867. The van der Waals surface area contributed by atoms with Crippen LogP contribution in [0.5, 0.6) is 0 Å². The molecular formula is C16H21N3O3S. The second-order valence-electron chi connectivity index (χ2n) is 5.93. The number of ether oxygens (including phenoxy) is 2. The van der Waals surface area contributed by atoms with Crippen molar-refractivity contribution in [1.29, 1.82) is 0 Å². The van der Waals surface area contributed by atoms with Crippen LogP contribution in [-0.2, 0) is 9.47 Å². The Balaban J connectivity index is 1.87. The molecule has 2 aromatic rings. The first-order valence-electron chi connectivity index (χ1n) is 7.86. The molecule has 1 atom stereocenters. The Morgan fingerprint density at radius 3 is 3.04 bits per heavy atom. The lowest BCUT2D eigenvalue weighted by atomic mass is 10.2. The number of nitrogens with zero attached hydrogens (tertiary/aromatic N) is 2. The molecule has 7 heteroatoms. The summed E-state index contributed by atoms with van der Waals surface area (Å²) in [5, 5.41) is 4.24. The Morgan fingerprint density at radius 1 is 1.52 bits per heavy atom. The van der Waals surface area contributed by atoms with Crippen molar-refractivity contribution in [3.8, 4) is 0 Å². The Morgan fingerprint density at radius 2 is 2.35 bits per heavy atom. The third-order valence-corrected chi connectivity index (χ3v) is 4.96. The van der Waals surface area contributed by atoms with Crippen LogP contribution in [0.3, 0.4) is 0 Å². The summed E-state index contributed by atoms with van der Waals surface area (Å²) in [7, 11) is 0. The largest absolute Gasteiger partial charge is 0.459 e. The molecule has 1 aliphatic heterocycles. The molecule has 0 aliphatic carbocycles. The number of hydrogen-bond acceptors (Lipinski definition) is 7. The van der Waals surface area contributed by atoms with Crippen LogP contribution in [-0.4, -0.2) is 41.3 Å². The predicted octanol–water partition coefficient (Wildman–Crippen LogP) is 3.16. The number of nitrogens with one attached hydrogen (secondary N) is 1. The summed E-state index contributed by atoms with van der Waals surface area (Å²) >= 11 is 1.35. The minimum atomic E-state index is -0.300. The smallest absolute Gasteiger partial charge is 0.348 e. The van der Waals surface area contributed by atoms with E-state index in [1.54, 1.807) is 0 Å². The van der Waals surface area contributed by atoms with E-state index in [4.69, 9.17) is 9.47 Å². The van der Waals surface area contributed by atoms with Crippen LogP contribution < -0.4 is 5.32 Å². The molecule has 0 aromatic carbocycles. The minimum Gasteiger partial charge on any atom is -0.459 e. The number of carbonyl (C=O) groups is 1. The van der Waals surface area contributed by atoms with Gasteiger partial charge in [0.15, 0.2) is 0 Å². The van der Waals surface area contributed by atoms with Gasteiger partial charge in [0.2, 0.25) is 0 Å². The molecule has 0 bridgehead atoms. The van der Waals surface area contributed by atoms with Crippen molar-refractivity contribution >= 4 is 33.3 Å². The van der Waals surface area contributed by atoms with Gasteiger partial charge in [0.25, 0.3) is 0 Å². The van der Waals surface area contributed by atoms with Gasteiger partial charge in [0, 0.05) is 13.2 Å². The zero-order valence-electron chi connectivity index (χ0n) is 13.6. The zero-order chi connectivity index (χ0) is 16.4. The van der Waals surface area contributed by atoms with Gasteiger partial charge in [-0.15, -0.1) is 11.3 Å². The first kappa shape index (κ1) is 16.1. The summed E-state index contributed by atoms with van der Waals surface area (Å²) in [5.74, 6) is 0.452. The van der Waals surface area contributed by atoms with Crippen LogP contribution in [0, 0.1) is 6.92 Å². The number of thiophene rings is 1. The SMILES string of the molecule is Cc1c(C(=O)OC(C)C)sc2ncnc(NCC3CCCO3)c12. The lowest BCUT2D eigenvalue weighted by molar-refractivity contribution is 0.0383. The van der Waals surface area contributed by atoms with Gasteiger partial charge in [-0.1, -0.05) is 0 Å². The molecule has 0 radical (unpaired) electrons. The van der Waals surface area contributed by atoms with Gasteiger partial charge in [0.05, 0.1) is 17.6 Å². The van der Waals surface area contributed by atoms with Gasteiger partial charge < -0.3 is 14.8 Å². The van der Waals surface area contributed by atoms with E-state index in [0.29, 0.717) is 11.4 Å². The standard InChI is InChI=1S/C16H21N3O3S/c1-9(2)22-16(20)13-10(3)12-14(18-8-19-15(12)23-13)17-7-11-5-4-6-21-11/h8-9,11H,4-7H2,1-3H3,(H,17,18,19). The minimum absolute atomic E-state index is 0.143. The normalized spacial score (nSPS) is 17.8. The number of rotatable bonds is 5. The summed E-state index contributed by atoms with van der Waals surface area (Å²) < 4.78 is 10.9. The van der Waals surface area contributed by atoms with E-state index in [0.717, 1.165) is 41.0 Å². The first-order chi connectivity index (χ1) is 11.1. The maximum atomic E-state index is 12.2. The summed E-state index contributed by atoms with van der Waals surface area (Å²) in [6, 6.07) is 0. The molecule has 1 aliphatic rings. The van der Waals surface area contributed by atoms with E-state index >= 15 is 0 Å². The van der Waals surface area contributed by atoms with Crippen molar-refractivity contribution in [1.82, 2.24) is 9.97 Å². The van der Waals surface area contributed by atoms with Crippen molar-refractivity contribution < 1.29 is 14.3 Å². The van der Waals surface area contributed by atoms with Gasteiger partial charge in [-0.05, 0) is 39.2 Å². The maximum Gasteiger partial charge on any atom is 0.348 e. The molecular weight excluding hydrogens is 314 g/mol. The fourth-order valence-corrected chi connectivity index (χ4v) is 3.72. The Labute approximate surface area is 139 Å². The van der Waals surface area contributed by atoms with Crippen LogP contribution in [0.25, 0.3) is 10.2 Å². The maximum absolute atomic E-state index is 12.2. The quantitative estimate of drug-likeness (QED) is 0.846. The highest BCUT2D eigenvalue weighted by atomic mass is 32.1. The molecule has 6 nitrogen and oxygen atoms in total. The Bertz CT molecular complexity index is 708. The molecule has 2 aromatic heterocycles. The van der Waals surface area contributed by atoms with E-state index in [1.165, 1.54) is 17.7 Å². The molecule has 3 heterocycles. The average molecular weight is 335 g/mol. The van der Waals surface area contributed by atoms with Crippen molar-refractivity contribution in [2.24, 2.45) is 0 Å². The molecule has 1 saturated heterocycles. The Kier molecular flexibility index (Phi) is 4.77. The van der Waals surface area contributed by atoms with Gasteiger partial charge in [-0.25, -0.2) is 14.8 Å². The number of carbonyl (C=O) groups excluding carboxylic acids is 1. The second-order valence-corrected chi connectivity index (χ2v) is 6.93. The second kappa shape index (κ2) is 6.80. The van der Waals surface area contributed by atoms with Crippen LogP contribution in [0.1, 0.15) is 41.9 Å². The molecule has 3 rings (SSSR count). The van der Waals surface area contributed by atoms with E-state index < -0.39 is 0 Å². The van der Waals surface area contributed by atoms with Crippen LogP contribution >= 0.6 is 11.3 Å². The highest BCUT2D eigenvalue weighted by Crippen LogP contribution is 2.34. The average Bonchev–Trinajstić information content (AvgIpc) is 3.13. The van der Waals surface area contributed by atoms with Gasteiger partial charge in [-0.2, -0.15) is 0 Å². The monoisotopic (exact) mass is 335 g/mol. The van der Waals surface area contributed by atoms with E-state index in [9.17, 15) is 4.79 Å². The van der Waals surface area contributed by atoms with Crippen LogP contribution in [0.4, 0.5) is 5.82 Å². The van der Waals surface area contributed by atoms with Crippen molar-refractivity contribution in [3.63, 3.8) is 0 Å². The molecule has 1 fully saturated rings. The van der Waals surface area contributed by atoms with Gasteiger partial charge in [-0.3, -0.25) is 0 Å². The summed E-state index contributed by atoms with van der Waals surface area (Å²) in [6.07, 6.45) is 3.78. The molecule has 1 unspecified atom stereocenters. The van der Waals surface area contributed by atoms with Crippen LogP contribution in [0.15, 0.2) is 6.33 Å². The number of aromatic nitrogens is 2. The number of anilines is 1. The molecule has 0 saturated carbocycles. The van der Waals surface area contributed by atoms with E-state index in [2.05, 4.69) is 15.3 Å². The van der Waals surface area contributed by atoms with Crippen molar-refractivity contribution in [2.45, 2.75) is 45.8 Å². The first-order valence-corrected chi connectivity index (χ1v) is 8.68. The zero-order valence-corrected chi connectivity index (χ0v) is 14.4. The highest BCUT2D eigenvalue weighted by Gasteiger charge is 2.22. The molecule has 23 heavy (non-hydrogen) atoms. The lowest BCUT2D eigenvalue weighted by Gasteiger charge is -2.12. The van der Waals surface area contributed by atoms with E-state index in [-0.39, 0.29) is 18.2 Å². The van der Waals surface area contributed by atoms with Gasteiger partial charge >= 0.3 is 5.97 Å². The van der Waals surface area contributed by atoms with Crippen LogP contribution in [0.2, 0.25) is 0 Å². The molecule has 0 amide bonds. The lowest BCUT2D eigenvalue weighted by Crippen LogP contribution is -2.19. The summed E-state index contributed by atoms with van der Waals surface area (Å²) in [6.45, 7) is 7.14. The predicted molar refractivity (Wildman–Crippen MR) is 90.2 cm³/mol. The summed E-state index contributed by atoms with van der Waals surface area (Å²) in [4.78, 5) is 22.2. The third-order valence-electron chi connectivity index (χ3n) is 3.78. The van der Waals surface area contributed by atoms with Crippen molar-refractivity contribution in [2.75, 3.05) is 18.5 Å². The topological polar surface area (TPSA) is 73.3 Å². The Hall–Kier alpha value is -1.73. The number of aryl methyl sites for hydroxylation is 1. The molecule has 1 N–H and O–H groups in total. The van der Waals surface area contributed by atoms with E-state index in [1.807, 2.05) is 20.8 Å². The molecule has 0 spiro atoms. The molecule has 124 valence electrons. The fourth-order valence-electron chi connectivity index (χ4n) is 2.68. The number of fused-ring (bicyclic) bond motifs is 1.